The highest BCUT2D eigenvalue weighted by Gasteiger charge is 2.35. The van der Waals surface area contributed by atoms with Crippen LogP contribution in [-0.4, -0.2) is 68.7 Å². The van der Waals surface area contributed by atoms with Crippen molar-refractivity contribution >= 4 is 46.8 Å². The van der Waals surface area contributed by atoms with Gasteiger partial charge in [-0.1, -0.05) is 60.7 Å². The number of likely N-dealkylation sites (tertiary alicyclic amines) is 2. The molecule has 2 aliphatic rings. The van der Waals surface area contributed by atoms with E-state index in [4.69, 9.17) is 19.3 Å². The SMILES string of the molecule is CCOC(=O)c1csc([C@@H]2CCCN2C(=O)OCc2ccccc2)n1.O=C(O)c1csc([C@@H]2CCCN2C(=O)OCc2ccccc2)n1. The van der Waals surface area contributed by atoms with Gasteiger partial charge in [0.1, 0.15) is 23.2 Å². The van der Waals surface area contributed by atoms with Gasteiger partial charge in [0, 0.05) is 23.8 Å². The first-order valence-corrected chi connectivity index (χ1v) is 17.4. The van der Waals surface area contributed by atoms with E-state index in [-0.39, 0.29) is 43.2 Å². The topological polar surface area (TPSA) is 148 Å². The molecule has 2 fully saturated rings. The highest BCUT2D eigenvalue weighted by atomic mass is 32.1. The predicted molar refractivity (Wildman–Crippen MR) is 178 cm³/mol. The van der Waals surface area contributed by atoms with Crippen molar-refractivity contribution in [2.45, 2.75) is 57.9 Å². The van der Waals surface area contributed by atoms with Gasteiger partial charge in [-0.3, -0.25) is 9.80 Å². The molecule has 2 aromatic carbocycles. The van der Waals surface area contributed by atoms with Crippen molar-refractivity contribution in [1.29, 1.82) is 0 Å². The Bertz CT molecular complexity index is 1680. The van der Waals surface area contributed by atoms with E-state index in [1.54, 1.807) is 22.1 Å². The van der Waals surface area contributed by atoms with Gasteiger partial charge in [-0.25, -0.2) is 29.1 Å². The maximum atomic E-state index is 12.4. The molecule has 252 valence electrons. The molecule has 0 radical (unpaired) electrons. The molecule has 14 heteroatoms. The van der Waals surface area contributed by atoms with Gasteiger partial charge < -0.3 is 19.3 Å². The first kappa shape index (κ1) is 34.5. The normalized spacial score (nSPS) is 16.9. The molecule has 4 heterocycles. The molecule has 2 saturated heterocycles. The van der Waals surface area contributed by atoms with Crippen molar-refractivity contribution in [2.24, 2.45) is 0 Å². The zero-order chi connectivity index (χ0) is 33.9. The van der Waals surface area contributed by atoms with Crippen molar-refractivity contribution in [1.82, 2.24) is 19.8 Å². The lowest BCUT2D eigenvalue weighted by atomic mass is 10.2. The molecule has 48 heavy (non-hydrogen) atoms. The number of aromatic carboxylic acids is 1. The van der Waals surface area contributed by atoms with E-state index >= 15 is 0 Å². The molecule has 6 rings (SSSR count). The lowest BCUT2D eigenvalue weighted by molar-refractivity contribution is 0.0519. The molecular formula is C34H36N4O8S2. The first-order valence-electron chi connectivity index (χ1n) is 15.6. The van der Waals surface area contributed by atoms with Crippen LogP contribution >= 0.6 is 22.7 Å². The number of ether oxygens (including phenoxy) is 3. The summed E-state index contributed by atoms with van der Waals surface area (Å²) in [5.41, 5.74) is 2.20. The Balaban J connectivity index is 0.000000188. The number of esters is 1. The quantitative estimate of drug-likeness (QED) is 0.142. The summed E-state index contributed by atoms with van der Waals surface area (Å²) in [6, 6.07) is 18.7. The highest BCUT2D eigenvalue weighted by Crippen LogP contribution is 2.35. The molecule has 0 saturated carbocycles. The van der Waals surface area contributed by atoms with Crippen LogP contribution in [0.2, 0.25) is 0 Å². The summed E-state index contributed by atoms with van der Waals surface area (Å²) in [5.74, 6) is -1.48. The van der Waals surface area contributed by atoms with Gasteiger partial charge in [0.05, 0.1) is 18.7 Å². The Morgan fingerprint density at radius 1 is 0.729 bits per heavy atom. The van der Waals surface area contributed by atoms with Gasteiger partial charge in [-0.15, -0.1) is 22.7 Å². The molecule has 2 aromatic heterocycles. The summed E-state index contributed by atoms with van der Waals surface area (Å²) < 4.78 is 15.8. The Morgan fingerprint density at radius 3 is 1.62 bits per heavy atom. The lowest BCUT2D eigenvalue weighted by Gasteiger charge is -2.22. The van der Waals surface area contributed by atoms with E-state index in [9.17, 15) is 19.2 Å². The number of amides is 2. The average molecular weight is 693 g/mol. The number of carbonyl (C=O) groups excluding carboxylic acids is 3. The number of carboxylic acids is 1. The molecule has 2 aliphatic heterocycles. The second-order valence-electron chi connectivity index (χ2n) is 11.0. The van der Waals surface area contributed by atoms with Crippen LogP contribution in [0, 0.1) is 0 Å². The number of aromatic nitrogens is 2. The fourth-order valence-electron chi connectivity index (χ4n) is 5.37. The van der Waals surface area contributed by atoms with Crippen LogP contribution in [0.1, 0.15) is 86.8 Å². The molecule has 0 spiro atoms. The summed E-state index contributed by atoms with van der Waals surface area (Å²) in [5, 5.41) is 13.5. The second-order valence-corrected chi connectivity index (χ2v) is 12.7. The number of carbonyl (C=O) groups is 4. The molecule has 12 nitrogen and oxygen atoms in total. The van der Waals surface area contributed by atoms with Gasteiger partial charge >= 0.3 is 24.1 Å². The molecule has 2 atom stereocenters. The van der Waals surface area contributed by atoms with Crippen LogP contribution in [0.4, 0.5) is 9.59 Å². The molecule has 1 N–H and O–H groups in total. The minimum absolute atomic E-state index is 0.0227. The first-order chi connectivity index (χ1) is 23.3. The number of nitrogens with zero attached hydrogens (tertiary/aromatic N) is 4. The van der Waals surface area contributed by atoms with E-state index in [2.05, 4.69) is 9.97 Å². The standard InChI is InChI=1S/C18H20N2O4S.C16H16N2O4S/c1-2-23-17(21)14-12-25-16(19-14)15-9-6-10-20(15)18(22)24-11-13-7-4-3-5-8-13;19-15(20)12-10-23-14(17-12)13-7-4-8-18(13)16(21)22-9-11-5-2-1-3-6-11/h3-5,7-8,12,15H,2,6,9-11H2,1H3;1-3,5-6,10,13H,4,7-9H2,(H,19,20)/t15-;13-/m00/s1. The van der Waals surface area contributed by atoms with Gasteiger partial charge in [0.2, 0.25) is 0 Å². The third-order valence-corrected chi connectivity index (χ3v) is 9.59. The Morgan fingerprint density at radius 2 is 1.19 bits per heavy atom. The van der Waals surface area contributed by atoms with Gasteiger partial charge in [-0.2, -0.15) is 0 Å². The number of rotatable bonds is 9. The maximum Gasteiger partial charge on any atom is 0.410 e. The molecule has 4 aromatic rings. The van der Waals surface area contributed by atoms with E-state index in [0.29, 0.717) is 30.4 Å². The second kappa shape index (κ2) is 16.8. The minimum Gasteiger partial charge on any atom is -0.476 e. The fraction of sp³-hybridized carbons (Fsp3) is 0.353. The number of hydrogen-bond donors (Lipinski definition) is 1. The number of hydrogen-bond acceptors (Lipinski definition) is 11. The zero-order valence-corrected chi connectivity index (χ0v) is 28.0. The maximum absolute atomic E-state index is 12.4. The van der Waals surface area contributed by atoms with E-state index in [1.165, 1.54) is 28.1 Å². The van der Waals surface area contributed by atoms with Crippen LogP contribution in [0.5, 0.6) is 0 Å². The summed E-state index contributed by atoms with van der Waals surface area (Å²) in [6.07, 6.45) is 2.60. The summed E-state index contributed by atoms with van der Waals surface area (Å²) in [7, 11) is 0. The predicted octanol–water partition coefficient (Wildman–Crippen LogP) is 7.11. The molecule has 0 unspecified atom stereocenters. The third-order valence-electron chi connectivity index (χ3n) is 7.70. The zero-order valence-electron chi connectivity index (χ0n) is 26.4. The average Bonchev–Trinajstić information content (AvgIpc) is 3.93. The highest BCUT2D eigenvalue weighted by molar-refractivity contribution is 7.10. The third kappa shape index (κ3) is 8.95. The molecule has 2 amide bonds. The smallest absolute Gasteiger partial charge is 0.410 e. The fourth-order valence-corrected chi connectivity index (χ4v) is 7.24. The van der Waals surface area contributed by atoms with Crippen molar-refractivity contribution in [2.75, 3.05) is 19.7 Å². The molecular weight excluding hydrogens is 657 g/mol. The Hall–Kier alpha value is -4.82. The Labute approximate surface area is 285 Å². The Kier molecular flexibility index (Phi) is 12.1. The molecule has 0 bridgehead atoms. The van der Waals surface area contributed by atoms with Crippen molar-refractivity contribution in [3.8, 4) is 0 Å². The van der Waals surface area contributed by atoms with Crippen LogP contribution in [0.25, 0.3) is 0 Å². The summed E-state index contributed by atoms with van der Waals surface area (Å²) in [4.78, 5) is 59.2. The van der Waals surface area contributed by atoms with E-state index < -0.39 is 11.9 Å². The largest absolute Gasteiger partial charge is 0.476 e. The lowest BCUT2D eigenvalue weighted by Crippen LogP contribution is -2.31. The van der Waals surface area contributed by atoms with Crippen LogP contribution in [0.15, 0.2) is 71.4 Å². The number of benzene rings is 2. The summed E-state index contributed by atoms with van der Waals surface area (Å²) >= 11 is 2.64. The minimum atomic E-state index is -1.05. The van der Waals surface area contributed by atoms with E-state index in [1.807, 2.05) is 60.7 Å². The van der Waals surface area contributed by atoms with Crippen molar-refractivity contribution in [3.63, 3.8) is 0 Å². The monoisotopic (exact) mass is 692 g/mol. The molecule has 0 aliphatic carbocycles. The van der Waals surface area contributed by atoms with Crippen molar-refractivity contribution in [3.05, 3.63) is 104 Å². The van der Waals surface area contributed by atoms with Crippen LogP contribution in [0.3, 0.4) is 0 Å². The van der Waals surface area contributed by atoms with E-state index in [0.717, 1.165) is 41.8 Å². The number of carboxylic acid groups (broad SMARTS) is 1. The number of thiazole rings is 2. The van der Waals surface area contributed by atoms with Crippen LogP contribution < -0.4 is 0 Å². The van der Waals surface area contributed by atoms with Gasteiger partial charge in [-0.05, 0) is 43.7 Å². The van der Waals surface area contributed by atoms with Crippen molar-refractivity contribution < 1.29 is 38.5 Å². The van der Waals surface area contributed by atoms with Gasteiger partial charge in [0.25, 0.3) is 0 Å². The van der Waals surface area contributed by atoms with Gasteiger partial charge in [0.15, 0.2) is 11.4 Å². The summed E-state index contributed by atoms with van der Waals surface area (Å²) in [6.45, 7) is 3.77. The van der Waals surface area contributed by atoms with Crippen LogP contribution in [-0.2, 0) is 27.4 Å².